The quantitative estimate of drug-likeness (QED) is 0.887. The summed E-state index contributed by atoms with van der Waals surface area (Å²) in [4.78, 5) is 12.7. The number of anilines is 1. The molecule has 1 aliphatic heterocycles. The SMILES string of the molecule is O=C(O)c1ccc(Cl)c(N2CCS(=O)(=O)CC2)c1. The first-order chi connectivity index (χ1) is 8.39. The number of hydrogen-bond acceptors (Lipinski definition) is 4. The van der Waals surface area contributed by atoms with Crippen LogP contribution in [-0.2, 0) is 9.84 Å². The topological polar surface area (TPSA) is 74.7 Å². The molecule has 0 radical (unpaired) electrons. The Labute approximate surface area is 110 Å². The van der Waals surface area contributed by atoms with Crippen molar-refractivity contribution in [3.63, 3.8) is 0 Å². The second-order valence-corrected chi connectivity index (χ2v) is 6.82. The molecule has 1 aliphatic rings. The summed E-state index contributed by atoms with van der Waals surface area (Å²) >= 11 is 6.02. The molecule has 5 nitrogen and oxygen atoms in total. The standard InChI is InChI=1S/C11H12ClNO4S/c12-9-2-1-8(11(14)15)7-10(9)13-3-5-18(16,17)6-4-13/h1-2,7H,3-6H2,(H,14,15). The van der Waals surface area contributed by atoms with E-state index in [0.29, 0.717) is 23.8 Å². The Kier molecular flexibility index (Phi) is 3.49. The molecule has 1 saturated heterocycles. The van der Waals surface area contributed by atoms with E-state index in [1.807, 2.05) is 0 Å². The Morgan fingerprint density at radius 3 is 2.44 bits per heavy atom. The molecule has 1 fully saturated rings. The first-order valence-electron chi connectivity index (χ1n) is 5.37. The van der Waals surface area contributed by atoms with Crippen LogP contribution in [0.2, 0.25) is 5.02 Å². The Bertz CT molecular complexity index is 571. The van der Waals surface area contributed by atoms with E-state index >= 15 is 0 Å². The smallest absolute Gasteiger partial charge is 0.335 e. The summed E-state index contributed by atoms with van der Waals surface area (Å²) in [5, 5.41) is 9.35. The number of halogens is 1. The molecule has 0 atom stereocenters. The third-order valence-corrected chi connectivity index (χ3v) is 4.81. The lowest BCUT2D eigenvalue weighted by atomic mass is 10.2. The summed E-state index contributed by atoms with van der Waals surface area (Å²) in [6.07, 6.45) is 0. The molecular formula is C11H12ClNO4S. The summed E-state index contributed by atoms with van der Waals surface area (Å²) in [5.74, 6) is -0.890. The highest BCUT2D eigenvalue weighted by Crippen LogP contribution is 2.28. The molecule has 0 aliphatic carbocycles. The zero-order chi connectivity index (χ0) is 13.3. The average Bonchev–Trinajstić information content (AvgIpc) is 2.30. The second kappa shape index (κ2) is 4.78. The lowest BCUT2D eigenvalue weighted by Gasteiger charge is -2.29. The van der Waals surface area contributed by atoms with Gasteiger partial charge in [-0.25, -0.2) is 13.2 Å². The van der Waals surface area contributed by atoms with Gasteiger partial charge in [0.25, 0.3) is 0 Å². The van der Waals surface area contributed by atoms with Crippen LogP contribution in [-0.4, -0.2) is 44.1 Å². The highest BCUT2D eigenvalue weighted by Gasteiger charge is 2.23. The lowest BCUT2D eigenvalue weighted by Crippen LogP contribution is -2.40. The predicted molar refractivity (Wildman–Crippen MR) is 69.3 cm³/mol. The molecule has 0 spiro atoms. The highest BCUT2D eigenvalue weighted by atomic mass is 35.5. The van der Waals surface area contributed by atoms with Gasteiger partial charge in [-0.15, -0.1) is 0 Å². The van der Waals surface area contributed by atoms with Crippen molar-refractivity contribution in [1.82, 2.24) is 0 Å². The summed E-state index contributed by atoms with van der Waals surface area (Å²) in [6, 6.07) is 4.42. The van der Waals surface area contributed by atoms with Gasteiger partial charge in [-0.05, 0) is 18.2 Å². The van der Waals surface area contributed by atoms with Gasteiger partial charge >= 0.3 is 5.97 Å². The fourth-order valence-electron chi connectivity index (χ4n) is 1.84. The van der Waals surface area contributed by atoms with Crippen LogP contribution in [0.15, 0.2) is 18.2 Å². The molecule has 0 aromatic heterocycles. The van der Waals surface area contributed by atoms with E-state index in [-0.39, 0.29) is 17.1 Å². The number of sulfone groups is 1. The summed E-state index contributed by atoms with van der Waals surface area (Å²) in [7, 11) is -2.96. The van der Waals surface area contributed by atoms with E-state index in [4.69, 9.17) is 16.7 Å². The first-order valence-corrected chi connectivity index (χ1v) is 7.57. The van der Waals surface area contributed by atoms with Crippen molar-refractivity contribution in [2.45, 2.75) is 0 Å². The number of carboxylic acid groups (broad SMARTS) is 1. The van der Waals surface area contributed by atoms with Gasteiger partial charge in [0.15, 0.2) is 9.84 Å². The number of rotatable bonds is 2. The van der Waals surface area contributed by atoms with Crippen molar-refractivity contribution in [1.29, 1.82) is 0 Å². The Morgan fingerprint density at radius 2 is 1.89 bits per heavy atom. The van der Waals surface area contributed by atoms with Crippen LogP contribution in [0.1, 0.15) is 10.4 Å². The van der Waals surface area contributed by atoms with Crippen molar-refractivity contribution in [3.8, 4) is 0 Å². The largest absolute Gasteiger partial charge is 0.478 e. The van der Waals surface area contributed by atoms with Crippen molar-refractivity contribution in [3.05, 3.63) is 28.8 Å². The number of hydrogen-bond donors (Lipinski definition) is 1. The Hall–Kier alpha value is -1.27. The third kappa shape index (κ3) is 2.76. The molecule has 2 rings (SSSR count). The normalized spacial score (nSPS) is 18.6. The van der Waals surface area contributed by atoms with E-state index in [1.54, 1.807) is 4.90 Å². The number of carboxylic acids is 1. The molecule has 0 amide bonds. The molecule has 7 heteroatoms. The minimum atomic E-state index is -2.96. The summed E-state index contributed by atoms with van der Waals surface area (Å²) in [5.41, 5.74) is 0.717. The monoisotopic (exact) mass is 289 g/mol. The van der Waals surface area contributed by atoms with Gasteiger partial charge < -0.3 is 10.0 Å². The fourth-order valence-corrected chi connectivity index (χ4v) is 3.28. The maximum Gasteiger partial charge on any atom is 0.335 e. The molecule has 0 unspecified atom stereocenters. The van der Waals surface area contributed by atoms with E-state index in [0.717, 1.165) is 0 Å². The van der Waals surface area contributed by atoms with Crippen molar-refractivity contribution >= 4 is 33.1 Å². The van der Waals surface area contributed by atoms with Crippen LogP contribution < -0.4 is 4.90 Å². The number of benzene rings is 1. The maximum absolute atomic E-state index is 11.3. The van der Waals surface area contributed by atoms with Gasteiger partial charge in [-0.2, -0.15) is 0 Å². The zero-order valence-electron chi connectivity index (χ0n) is 9.47. The van der Waals surface area contributed by atoms with Crippen molar-refractivity contribution in [2.75, 3.05) is 29.5 Å². The highest BCUT2D eigenvalue weighted by molar-refractivity contribution is 7.91. The number of nitrogens with zero attached hydrogens (tertiary/aromatic N) is 1. The van der Waals surface area contributed by atoms with Gasteiger partial charge in [-0.3, -0.25) is 0 Å². The first kappa shape index (κ1) is 13.2. The minimum Gasteiger partial charge on any atom is -0.478 e. The van der Waals surface area contributed by atoms with Gasteiger partial charge in [0.1, 0.15) is 0 Å². The van der Waals surface area contributed by atoms with Gasteiger partial charge in [0.2, 0.25) is 0 Å². The fraction of sp³-hybridized carbons (Fsp3) is 0.364. The molecule has 18 heavy (non-hydrogen) atoms. The van der Waals surface area contributed by atoms with Crippen LogP contribution in [0.5, 0.6) is 0 Å². The van der Waals surface area contributed by atoms with Crippen LogP contribution in [0.25, 0.3) is 0 Å². The Morgan fingerprint density at radius 1 is 1.28 bits per heavy atom. The second-order valence-electron chi connectivity index (χ2n) is 4.11. The third-order valence-electron chi connectivity index (χ3n) is 2.88. The molecule has 1 aromatic carbocycles. The van der Waals surface area contributed by atoms with Crippen LogP contribution in [0.4, 0.5) is 5.69 Å². The van der Waals surface area contributed by atoms with Crippen molar-refractivity contribution < 1.29 is 18.3 Å². The predicted octanol–water partition coefficient (Wildman–Crippen LogP) is 1.27. The van der Waals surface area contributed by atoms with Gasteiger partial charge in [0.05, 0.1) is 27.8 Å². The molecular weight excluding hydrogens is 278 g/mol. The van der Waals surface area contributed by atoms with E-state index in [9.17, 15) is 13.2 Å². The summed E-state index contributed by atoms with van der Waals surface area (Å²) < 4.78 is 22.7. The number of carbonyl (C=O) groups is 1. The summed E-state index contributed by atoms with van der Waals surface area (Å²) in [6.45, 7) is 0.677. The van der Waals surface area contributed by atoms with E-state index < -0.39 is 15.8 Å². The molecule has 1 N–H and O–H groups in total. The van der Waals surface area contributed by atoms with Gasteiger partial charge in [0, 0.05) is 13.1 Å². The molecule has 0 bridgehead atoms. The molecule has 98 valence electrons. The van der Waals surface area contributed by atoms with Crippen LogP contribution in [0, 0.1) is 0 Å². The van der Waals surface area contributed by atoms with Gasteiger partial charge in [-0.1, -0.05) is 11.6 Å². The molecule has 0 saturated carbocycles. The molecule has 1 heterocycles. The Balaban J connectivity index is 2.28. The van der Waals surface area contributed by atoms with E-state index in [2.05, 4.69) is 0 Å². The zero-order valence-corrected chi connectivity index (χ0v) is 11.0. The van der Waals surface area contributed by atoms with E-state index in [1.165, 1.54) is 18.2 Å². The van der Waals surface area contributed by atoms with Crippen LogP contribution >= 0.6 is 11.6 Å². The minimum absolute atomic E-state index is 0.0701. The average molecular weight is 290 g/mol. The maximum atomic E-state index is 11.3. The lowest BCUT2D eigenvalue weighted by molar-refractivity contribution is 0.0697. The molecule has 1 aromatic rings. The van der Waals surface area contributed by atoms with Crippen LogP contribution in [0.3, 0.4) is 0 Å². The number of aromatic carboxylic acids is 1. The van der Waals surface area contributed by atoms with Crippen molar-refractivity contribution in [2.24, 2.45) is 0 Å².